The molecule has 6 heteroatoms. The highest BCUT2D eigenvalue weighted by Gasteiger charge is 2.08. The molecule has 0 saturated carbocycles. The van der Waals surface area contributed by atoms with Gasteiger partial charge in [-0.2, -0.15) is 0 Å². The summed E-state index contributed by atoms with van der Waals surface area (Å²) in [7, 11) is 0. The topological polar surface area (TPSA) is 34.9 Å². The van der Waals surface area contributed by atoms with Gasteiger partial charge in [-0.25, -0.2) is 9.37 Å². The summed E-state index contributed by atoms with van der Waals surface area (Å²) in [5.74, 6) is 0.277. The monoisotopic (exact) mass is 344 g/mol. The second-order valence-electron chi connectivity index (χ2n) is 4.02. The van der Waals surface area contributed by atoms with Crippen molar-refractivity contribution in [2.75, 3.05) is 0 Å². The number of aromatic nitrogens is 2. The smallest absolute Gasteiger partial charge is 0.255 e. The highest BCUT2D eigenvalue weighted by molar-refractivity contribution is 9.10. The summed E-state index contributed by atoms with van der Waals surface area (Å²) in [6, 6.07) is 5.93. The van der Waals surface area contributed by atoms with E-state index in [1.807, 2.05) is 6.92 Å². The second kappa shape index (κ2) is 5.84. The molecule has 1 aromatic heterocycles. The van der Waals surface area contributed by atoms with Crippen molar-refractivity contribution in [3.05, 3.63) is 61.5 Å². The van der Waals surface area contributed by atoms with E-state index in [4.69, 9.17) is 11.6 Å². The van der Waals surface area contributed by atoms with Gasteiger partial charge in [-0.15, -0.1) is 0 Å². The minimum atomic E-state index is -0.332. The normalized spacial score (nSPS) is 10.7. The van der Waals surface area contributed by atoms with Gasteiger partial charge in [0.15, 0.2) is 0 Å². The van der Waals surface area contributed by atoms with E-state index in [2.05, 4.69) is 20.9 Å². The van der Waals surface area contributed by atoms with Crippen LogP contribution in [0, 0.1) is 5.82 Å². The van der Waals surface area contributed by atoms with Crippen molar-refractivity contribution in [3.8, 4) is 0 Å². The van der Waals surface area contributed by atoms with Crippen LogP contribution in [-0.2, 0) is 13.0 Å². The maximum atomic E-state index is 13.2. The predicted octanol–water partition coefficient (Wildman–Crippen LogP) is 3.41. The molecule has 1 heterocycles. The van der Waals surface area contributed by atoms with Gasteiger partial charge in [-0.3, -0.25) is 9.36 Å². The summed E-state index contributed by atoms with van der Waals surface area (Å²) in [5.41, 5.74) is 0.603. The first-order valence-electron chi connectivity index (χ1n) is 5.71. The molecule has 0 amide bonds. The third kappa shape index (κ3) is 3.22. The molecule has 0 unspecified atom stereocenters. The van der Waals surface area contributed by atoms with E-state index in [1.165, 1.54) is 16.7 Å². The number of benzene rings is 1. The summed E-state index contributed by atoms with van der Waals surface area (Å²) < 4.78 is 15.1. The molecule has 0 atom stereocenters. The number of nitrogens with zero attached hydrogens (tertiary/aromatic N) is 2. The molecular weight excluding hydrogens is 335 g/mol. The van der Waals surface area contributed by atoms with Crippen molar-refractivity contribution < 1.29 is 4.39 Å². The van der Waals surface area contributed by atoms with Gasteiger partial charge in [-0.05, 0) is 33.6 Å². The van der Waals surface area contributed by atoms with Crippen LogP contribution in [0.4, 0.5) is 4.39 Å². The molecule has 2 rings (SSSR count). The van der Waals surface area contributed by atoms with Crippen LogP contribution in [0.15, 0.2) is 33.5 Å². The summed E-state index contributed by atoms with van der Waals surface area (Å²) in [5, 5.41) is 0.193. The van der Waals surface area contributed by atoms with Crippen LogP contribution in [0.3, 0.4) is 0 Å². The number of aryl methyl sites for hydroxylation is 1. The summed E-state index contributed by atoms with van der Waals surface area (Å²) >= 11 is 8.89. The molecule has 0 fully saturated rings. The van der Waals surface area contributed by atoms with Crippen molar-refractivity contribution in [1.29, 1.82) is 0 Å². The molecule has 0 aliphatic heterocycles. The highest BCUT2D eigenvalue weighted by atomic mass is 79.9. The molecule has 19 heavy (non-hydrogen) atoms. The van der Waals surface area contributed by atoms with Crippen LogP contribution in [-0.4, -0.2) is 9.55 Å². The van der Waals surface area contributed by atoms with Gasteiger partial charge in [0.25, 0.3) is 5.56 Å². The van der Waals surface area contributed by atoms with E-state index < -0.39 is 0 Å². The van der Waals surface area contributed by atoms with Crippen LogP contribution in [0.25, 0.3) is 0 Å². The van der Waals surface area contributed by atoms with E-state index in [0.29, 0.717) is 23.3 Å². The first kappa shape index (κ1) is 14.2. The molecule has 100 valence electrons. The number of hydrogen-bond acceptors (Lipinski definition) is 2. The Kier molecular flexibility index (Phi) is 4.37. The molecule has 0 aliphatic carbocycles. The zero-order valence-electron chi connectivity index (χ0n) is 10.2. The molecular formula is C13H11BrClFN2O. The molecule has 0 N–H and O–H groups in total. The standard InChI is InChI=1S/C13H11BrClFN2O/c1-2-12-17-11(15)6-13(19)18(12)7-8-3-4-10(16)9(14)5-8/h3-6H,2,7H2,1H3. The van der Waals surface area contributed by atoms with Crippen molar-refractivity contribution in [1.82, 2.24) is 9.55 Å². The summed E-state index contributed by atoms with van der Waals surface area (Å²) in [6.45, 7) is 2.24. The van der Waals surface area contributed by atoms with E-state index in [-0.39, 0.29) is 16.5 Å². The largest absolute Gasteiger partial charge is 0.292 e. The minimum absolute atomic E-state index is 0.193. The Morgan fingerprint density at radius 3 is 2.79 bits per heavy atom. The quantitative estimate of drug-likeness (QED) is 0.799. The molecule has 0 spiro atoms. The van der Waals surface area contributed by atoms with Gasteiger partial charge in [0, 0.05) is 12.5 Å². The fraction of sp³-hybridized carbons (Fsp3) is 0.231. The number of halogens is 3. The van der Waals surface area contributed by atoms with Crippen LogP contribution < -0.4 is 5.56 Å². The van der Waals surface area contributed by atoms with Crippen molar-refractivity contribution in [3.63, 3.8) is 0 Å². The molecule has 3 nitrogen and oxygen atoms in total. The summed E-state index contributed by atoms with van der Waals surface area (Å²) in [6.07, 6.45) is 0.595. The lowest BCUT2D eigenvalue weighted by Gasteiger charge is -2.11. The summed E-state index contributed by atoms with van der Waals surface area (Å²) in [4.78, 5) is 16.1. The van der Waals surface area contributed by atoms with Crippen LogP contribution in [0.1, 0.15) is 18.3 Å². The molecule has 2 aromatic rings. The van der Waals surface area contributed by atoms with E-state index >= 15 is 0 Å². The predicted molar refractivity (Wildman–Crippen MR) is 76.1 cm³/mol. The van der Waals surface area contributed by atoms with Gasteiger partial charge in [0.05, 0.1) is 11.0 Å². The average molecular weight is 346 g/mol. The highest BCUT2D eigenvalue weighted by Crippen LogP contribution is 2.17. The van der Waals surface area contributed by atoms with Crippen LogP contribution >= 0.6 is 27.5 Å². The maximum Gasteiger partial charge on any atom is 0.255 e. The third-order valence-corrected chi connectivity index (χ3v) is 3.50. The molecule has 1 aromatic carbocycles. The molecule has 0 aliphatic rings. The van der Waals surface area contributed by atoms with Gasteiger partial charge in [-0.1, -0.05) is 24.6 Å². The zero-order valence-corrected chi connectivity index (χ0v) is 12.5. The Balaban J connectivity index is 2.43. The van der Waals surface area contributed by atoms with Gasteiger partial charge in [0.2, 0.25) is 0 Å². The van der Waals surface area contributed by atoms with Crippen molar-refractivity contribution in [2.24, 2.45) is 0 Å². The molecule has 0 radical (unpaired) electrons. The average Bonchev–Trinajstić information content (AvgIpc) is 2.36. The molecule has 0 bridgehead atoms. The zero-order chi connectivity index (χ0) is 14.0. The first-order chi connectivity index (χ1) is 9.01. The fourth-order valence-electron chi connectivity index (χ4n) is 1.78. The Hall–Kier alpha value is -1.20. The van der Waals surface area contributed by atoms with Gasteiger partial charge < -0.3 is 0 Å². The van der Waals surface area contributed by atoms with Crippen LogP contribution in [0.2, 0.25) is 5.15 Å². The van der Waals surface area contributed by atoms with E-state index in [1.54, 1.807) is 12.1 Å². The lowest BCUT2D eigenvalue weighted by molar-refractivity contribution is 0.617. The van der Waals surface area contributed by atoms with Crippen molar-refractivity contribution >= 4 is 27.5 Å². The maximum absolute atomic E-state index is 13.2. The van der Waals surface area contributed by atoms with E-state index in [9.17, 15) is 9.18 Å². The minimum Gasteiger partial charge on any atom is -0.292 e. The van der Waals surface area contributed by atoms with Crippen molar-refractivity contribution in [2.45, 2.75) is 19.9 Å². The van der Waals surface area contributed by atoms with E-state index in [0.717, 1.165) is 5.56 Å². The lowest BCUT2D eigenvalue weighted by Crippen LogP contribution is -2.24. The van der Waals surface area contributed by atoms with Gasteiger partial charge >= 0.3 is 0 Å². The van der Waals surface area contributed by atoms with Crippen LogP contribution in [0.5, 0.6) is 0 Å². The lowest BCUT2D eigenvalue weighted by atomic mass is 10.2. The van der Waals surface area contributed by atoms with Gasteiger partial charge in [0.1, 0.15) is 16.8 Å². The number of rotatable bonds is 3. The third-order valence-electron chi connectivity index (χ3n) is 2.70. The Morgan fingerprint density at radius 2 is 2.16 bits per heavy atom. The first-order valence-corrected chi connectivity index (χ1v) is 6.88. The second-order valence-corrected chi connectivity index (χ2v) is 5.26. The Morgan fingerprint density at radius 1 is 1.42 bits per heavy atom. The fourth-order valence-corrected chi connectivity index (χ4v) is 2.40. The Bertz CT molecular complexity index is 672. The molecule has 0 saturated heterocycles. The Labute approximate surface area is 123 Å². The SMILES string of the molecule is CCc1nc(Cl)cc(=O)n1Cc1ccc(F)c(Br)c1. The number of hydrogen-bond donors (Lipinski definition) is 0.